The van der Waals surface area contributed by atoms with Crippen LogP contribution in [-0.4, -0.2) is 30.9 Å². The number of allylic oxidation sites excluding steroid dienone is 2. The summed E-state index contributed by atoms with van der Waals surface area (Å²) in [6.07, 6.45) is 6.21. The molecular weight excluding hydrogens is 224 g/mol. The van der Waals surface area contributed by atoms with Gasteiger partial charge in [-0.25, -0.2) is 0 Å². The Hall–Kier alpha value is -1.85. The predicted molar refractivity (Wildman–Crippen MR) is 59.6 cm³/mol. The van der Waals surface area contributed by atoms with Crippen LogP contribution in [0.4, 0.5) is 0 Å². The van der Waals surface area contributed by atoms with Crippen molar-refractivity contribution in [2.75, 3.05) is 13.2 Å². The van der Waals surface area contributed by atoms with Crippen LogP contribution >= 0.6 is 0 Å². The van der Waals surface area contributed by atoms with E-state index in [2.05, 4.69) is 5.32 Å². The summed E-state index contributed by atoms with van der Waals surface area (Å²) in [5.41, 5.74) is 4.84. The van der Waals surface area contributed by atoms with Crippen LogP contribution < -0.4 is 11.1 Å². The maximum Gasteiger partial charge on any atom is 0.309 e. The molecule has 0 saturated heterocycles. The highest BCUT2D eigenvalue weighted by Gasteiger charge is 2.20. The molecule has 1 aliphatic carbocycles. The lowest BCUT2D eigenvalue weighted by atomic mass is 9.95. The first-order valence-corrected chi connectivity index (χ1v) is 5.46. The number of ether oxygens (including phenoxy) is 1. The third-order valence-electron chi connectivity index (χ3n) is 2.41. The Morgan fingerprint density at radius 2 is 2.12 bits per heavy atom. The molecule has 3 N–H and O–H groups in total. The van der Waals surface area contributed by atoms with Crippen molar-refractivity contribution in [1.82, 2.24) is 5.32 Å². The molecule has 0 heterocycles. The quantitative estimate of drug-likeness (QED) is 0.499. The van der Waals surface area contributed by atoms with Crippen molar-refractivity contribution in [3.8, 4) is 0 Å². The predicted octanol–water partition coefficient (Wildman–Crippen LogP) is -0.513. The number of esters is 1. The van der Waals surface area contributed by atoms with E-state index in [0.717, 1.165) is 12.8 Å². The van der Waals surface area contributed by atoms with Gasteiger partial charge in [-0.2, -0.15) is 0 Å². The minimum absolute atomic E-state index is 0.163. The Kier molecular flexibility index (Phi) is 5.19. The van der Waals surface area contributed by atoms with Gasteiger partial charge >= 0.3 is 5.97 Å². The lowest BCUT2D eigenvalue weighted by molar-refractivity contribution is -0.152. The van der Waals surface area contributed by atoms with Crippen LogP contribution in [0.1, 0.15) is 19.3 Å². The normalized spacial score (nSPS) is 18.5. The molecule has 0 fully saturated rings. The summed E-state index contributed by atoms with van der Waals surface area (Å²) in [5, 5.41) is 2.24. The van der Waals surface area contributed by atoms with Gasteiger partial charge in [0.2, 0.25) is 5.91 Å². The second-order valence-electron chi connectivity index (χ2n) is 3.83. The van der Waals surface area contributed by atoms with Crippen molar-refractivity contribution in [2.24, 2.45) is 11.7 Å². The number of carbonyl (C=O) groups is 3. The average Bonchev–Trinajstić information content (AvgIpc) is 2.34. The monoisotopic (exact) mass is 240 g/mol. The van der Waals surface area contributed by atoms with Gasteiger partial charge in [0.25, 0.3) is 5.91 Å². The number of primary amides is 1. The van der Waals surface area contributed by atoms with Crippen LogP contribution in [0.3, 0.4) is 0 Å². The maximum atomic E-state index is 11.5. The van der Waals surface area contributed by atoms with Crippen LogP contribution in [0.15, 0.2) is 12.2 Å². The van der Waals surface area contributed by atoms with E-state index >= 15 is 0 Å². The van der Waals surface area contributed by atoms with E-state index in [1.807, 2.05) is 12.2 Å². The molecule has 0 radical (unpaired) electrons. The van der Waals surface area contributed by atoms with E-state index in [1.54, 1.807) is 0 Å². The first-order chi connectivity index (χ1) is 8.09. The maximum absolute atomic E-state index is 11.5. The molecule has 1 atom stereocenters. The molecule has 17 heavy (non-hydrogen) atoms. The van der Waals surface area contributed by atoms with E-state index in [4.69, 9.17) is 10.5 Å². The fourth-order valence-electron chi connectivity index (χ4n) is 1.50. The Bertz CT molecular complexity index is 338. The van der Waals surface area contributed by atoms with E-state index in [9.17, 15) is 14.4 Å². The van der Waals surface area contributed by atoms with E-state index in [1.165, 1.54) is 0 Å². The number of nitrogens with one attached hydrogen (secondary N) is 1. The number of carbonyl (C=O) groups excluding carboxylic acids is 3. The zero-order valence-corrected chi connectivity index (χ0v) is 9.48. The van der Waals surface area contributed by atoms with Gasteiger partial charge in [0.1, 0.15) is 0 Å². The Morgan fingerprint density at radius 1 is 1.35 bits per heavy atom. The summed E-state index contributed by atoms with van der Waals surface area (Å²) in [6.45, 7) is -0.616. The standard InChI is InChI=1S/C11H16N2O4/c12-9(14)6-13-10(15)7-17-11(16)8-4-2-1-3-5-8/h1-2,8H,3-7H2,(H2,12,14)(H,13,15)/t8-/m0/s1. The molecular formula is C11H16N2O4. The molecule has 0 aliphatic heterocycles. The summed E-state index contributed by atoms with van der Waals surface area (Å²) in [5.74, 6) is -1.70. The molecule has 0 aromatic heterocycles. The number of hydrogen-bond acceptors (Lipinski definition) is 4. The molecule has 6 heteroatoms. The van der Waals surface area contributed by atoms with Gasteiger partial charge in [-0.1, -0.05) is 12.2 Å². The van der Waals surface area contributed by atoms with Crippen LogP contribution in [0.5, 0.6) is 0 Å². The molecule has 2 amide bonds. The average molecular weight is 240 g/mol. The van der Waals surface area contributed by atoms with Crippen molar-refractivity contribution in [2.45, 2.75) is 19.3 Å². The number of amides is 2. The van der Waals surface area contributed by atoms with E-state index < -0.39 is 11.8 Å². The second-order valence-corrected chi connectivity index (χ2v) is 3.83. The minimum Gasteiger partial charge on any atom is -0.455 e. The zero-order valence-electron chi connectivity index (χ0n) is 9.48. The Morgan fingerprint density at radius 3 is 2.71 bits per heavy atom. The van der Waals surface area contributed by atoms with Crippen LogP contribution in [0, 0.1) is 5.92 Å². The molecule has 0 spiro atoms. The van der Waals surface area contributed by atoms with Gasteiger partial charge in [-0.05, 0) is 19.3 Å². The highest BCUT2D eigenvalue weighted by atomic mass is 16.5. The minimum atomic E-state index is -0.637. The third kappa shape index (κ3) is 5.14. The van der Waals surface area contributed by atoms with Crippen molar-refractivity contribution < 1.29 is 19.1 Å². The van der Waals surface area contributed by atoms with Gasteiger partial charge in [-0.3, -0.25) is 14.4 Å². The summed E-state index contributed by atoms with van der Waals surface area (Å²) >= 11 is 0. The van der Waals surface area contributed by atoms with Crippen molar-refractivity contribution in [3.05, 3.63) is 12.2 Å². The van der Waals surface area contributed by atoms with E-state index in [-0.39, 0.29) is 25.0 Å². The van der Waals surface area contributed by atoms with Gasteiger partial charge < -0.3 is 15.8 Å². The molecule has 6 nitrogen and oxygen atoms in total. The number of nitrogens with two attached hydrogens (primary N) is 1. The summed E-state index contributed by atoms with van der Waals surface area (Å²) < 4.78 is 4.84. The third-order valence-corrected chi connectivity index (χ3v) is 2.41. The van der Waals surface area contributed by atoms with Gasteiger partial charge in [0, 0.05) is 0 Å². The molecule has 94 valence electrons. The fraction of sp³-hybridized carbons (Fsp3) is 0.545. The second kappa shape index (κ2) is 6.67. The van der Waals surface area contributed by atoms with Crippen LogP contribution in [0.2, 0.25) is 0 Å². The van der Waals surface area contributed by atoms with Gasteiger partial charge in [0.15, 0.2) is 6.61 Å². The molecule has 1 aliphatic rings. The summed E-state index contributed by atoms with van der Waals surface area (Å²) in [7, 11) is 0. The molecule has 1 rings (SSSR count). The van der Waals surface area contributed by atoms with E-state index in [0.29, 0.717) is 6.42 Å². The topological polar surface area (TPSA) is 98.5 Å². The van der Waals surface area contributed by atoms with Crippen molar-refractivity contribution >= 4 is 17.8 Å². The summed E-state index contributed by atoms with van der Waals surface area (Å²) in [4.78, 5) is 33.0. The Balaban J connectivity index is 2.20. The van der Waals surface area contributed by atoms with Crippen molar-refractivity contribution in [1.29, 1.82) is 0 Å². The van der Waals surface area contributed by atoms with Crippen molar-refractivity contribution in [3.63, 3.8) is 0 Å². The largest absolute Gasteiger partial charge is 0.455 e. The highest BCUT2D eigenvalue weighted by Crippen LogP contribution is 2.19. The molecule has 0 aromatic rings. The Labute approximate surface area is 99.2 Å². The fourth-order valence-corrected chi connectivity index (χ4v) is 1.50. The highest BCUT2D eigenvalue weighted by molar-refractivity contribution is 5.85. The lowest BCUT2D eigenvalue weighted by Gasteiger charge is -2.16. The first kappa shape index (κ1) is 13.2. The zero-order chi connectivity index (χ0) is 12.7. The first-order valence-electron chi connectivity index (χ1n) is 5.46. The number of hydrogen-bond donors (Lipinski definition) is 2. The molecule has 0 bridgehead atoms. The lowest BCUT2D eigenvalue weighted by Crippen LogP contribution is -2.36. The van der Waals surface area contributed by atoms with Gasteiger partial charge in [0.05, 0.1) is 12.5 Å². The SMILES string of the molecule is NC(=O)CNC(=O)COC(=O)[C@H]1CC=CCC1. The molecule has 0 unspecified atom stereocenters. The summed E-state index contributed by atoms with van der Waals surface area (Å²) in [6, 6.07) is 0. The van der Waals surface area contributed by atoms with Crippen LogP contribution in [-0.2, 0) is 19.1 Å². The van der Waals surface area contributed by atoms with Crippen LogP contribution in [0.25, 0.3) is 0 Å². The van der Waals surface area contributed by atoms with Gasteiger partial charge in [-0.15, -0.1) is 0 Å². The molecule has 0 aromatic carbocycles. The smallest absolute Gasteiger partial charge is 0.309 e. The number of rotatable bonds is 5. The molecule has 0 saturated carbocycles.